The predicted octanol–water partition coefficient (Wildman–Crippen LogP) is 3.95. The maximum atomic E-state index is 13.5. The fourth-order valence-electron chi connectivity index (χ4n) is 3.48. The number of anilines is 1. The van der Waals surface area contributed by atoms with Crippen molar-refractivity contribution in [2.75, 3.05) is 18.0 Å². The van der Waals surface area contributed by atoms with Crippen molar-refractivity contribution in [2.24, 2.45) is 11.7 Å². The molecule has 0 spiro atoms. The third-order valence-corrected chi connectivity index (χ3v) is 4.54. The highest BCUT2D eigenvalue weighted by molar-refractivity contribution is 5.47. The van der Waals surface area contributed by atoms with Crippen molar-refractivity contribution in [3.63, 3.8) is 0 Å². The summed E-state index contributed by atoms with van der Waals surface area (Å²) in [5.74, 6) is 0.578. The van der Waals surface area contributed by atoms with E-state index in [0.717, 1.165) is 24.6 Å². The maximum absolute atomic E-state index is 13.5. The molecule has 0 saturated heterocycles. The molecule has 2 nitrogen and oxygen atoms in total. The molecule has 0 radical (unpaired) electrons. The van der Waals surface area contributed by atoms with Crippen LogP contribution in [0, 0.1) is 11.7 Å². The number of nitrogens with zero attached hydrogens (tertiary/aromatic N) is 1. The molecule has 0 aliphatic heterocycles. The van der Waals surface area contributed by atoms with Crippen molar-refractivity contribution in [1.82, 2.24) is 0 Å². The van der Waals surface area contributed by atoms with Crippen LogP contribution in [0.25, 0.3) is 0 Å². The van der Waals surface area contributed by atoms with Crippen molar-refractivity contribution in [1.29, 1.82) is 0 Å². The van der Waals surface area contributed by atoms with Gasteiger partial charge in [-0.15, -0.1) is 0 Å². The van der Waals surface area contributed by atoms with Crippen molar-refractivity contribution >= 4 is 5.69 Å². The van der Waals surface area contributed by atoms with Crippen LogP contribution in [0.2, 0.25) is 0 Å². The zero-order chi connectivity index (χ0) is 14.4. The SMILES string of the molecule is CCC1CCCCC1N(CCCN)c1cccc(F)c1. The number of benzene rings is 1. The van der Waals surface area contributed by atoms with Crippen LogP contribution >= 0.6 is 0 Å². The number of nitrogens with two attached hydrogens (primary N) is 1. The van der Waals surface area contributed by atoms with Crippen LogP contribution < -0.4 is 10.6 Å². The topological polar surface area (TPSA) is 29.3 Å². The van der Waals surface area contributed by atoms with Gasteiger partial charge in [-0.05, 0) is 49.9 Å². The molecule has 2 N–H and O–H groups in total. The summed E-state index contributed by atoms with van der Waals surface area (Å²) in [5, 5.41) is 0. The van der Waals surface area contributed by atoms with E-state index in [-0.39, 0.29) is 5.82 Å². The van der Waals surface area contributed by atoms with Crippen LogP contribution in [0.4, 0.5) is 10.1 Å². The molecule has 3 heteroatoms. The summed E-state index contributed by atoms with van der Waals surface area (Å²) in [6, 6.07) is 7.56. The summed E-state index contributed by atoms with van der Waals surface area (Å²) < 4.78 is 13.5. The van der Waals surface area contributed by atoms with Gasteiger partial charge in [0.1, 0.15) is 5.82 Å². The average molecular weight is 278 g/mol. The van der Waals surface area contributed by atoms with Crippen LogP contribution in [0.3, 0.4) is 0 Å². The van der Waals surface area contributed by atoms with E-state index in [2.05, 4.69) is 11.8 Å². The van der Waals surface area contributed by atoms with E-state index in [9.17, 15) is 4.39 Å². The molecule has 2 atom stereocenters. The lowest BCUT2D eigenvalue weighted by Gasteiger charge is -2.41. The third-order valence-electron chi connectivity index (χ3n) is 4.54. The highest BCUT2D eigenvalue weighted by Crippen LogP contribution is 2.33. The molecule has 1 aromatic rings. The third kappa shape index (κ3) is 3.72. The van der Waals surface area contributed by atoms with Gasteiger partial charge in [0.15, 0.2) is 0 Å². The Morgan fingerprint density at radius 2 is 2.10 bits per heavy atom. The molecule has 0 heterocycles. The Morgan fingerprint density at radius 3 is 2.80 bits per heavy atom. The minimum absolute atomic E-state index is 0.149. The summed E-state index contributed by atoms with van der Waals surface area (Å²) in [4.78, 5) is 2.41. The minimum Gasteiger partial charge on any atom is -0.368 e. The standard InChI is InChI=1S/C17H27FN2/c1-2-14-7-3-4-10-17(14)20(12-6-11-19)16-9-5-8-15(18)13-16/h5,8-9,13-14,17H,2-4,6-7,10-12,19H2,1H3. The molecule has 0 amide bonds. The summed E-state index contributed by atoms with van der Waals surface area (Å²) in [6.07, 6.45) is 7.32. The van der Waals surface area contributed by atoms with E-state index in [4.69, 9.17) is 5.73 Å². The second-order valence-corrected chi connectivity index (χ2v) is 5.84. The van der Waals surface area contributed by atoms with Gasteiger partial charge in [-0.3, -0.25) is 0 Å². The normalized spacial score (nSPS) is 22.8. The molecule has 0 aromatic heterocycles. The monoisotopic (exact) mass is 278 g/mol. The van der Waals surface area contributed by atoms with Gasteiger partial charge in [0.2, 0.25) is 0 Å². The van der Waals surface area contributed by atoms with Gasteiger partial charge in [-0.1, -0.05) is 32.3 Å². The smallest absolute Gasteiger partial charge is 0.125 e. The highest BCUT2D eigenvalue weighted by Gasteiger charge is 2.29. The molecule has 1 saturated carbocycles. The molecule has 2 unspecified atom stereocenters. The van der Waals surface area contributed by atoms with Crippen molar-refractivity contribution < 1.29 is 4.39 Å². The lowest BCUT2D eigenvalue weighted by molar-refractivity contribution is 0.284. The van der Waals surface area contributed by atoms with Gasteiger partial charge in [-0.25, -0.2) is 4.39 Å². The van der Waals surface area contributed by atoms with E-state index < -0.39 is 0 Å². The molecule has 20 heavy (non-hydrogen) atoms. The summed E-state index contributed by atoms with van der Waals surface area (Å²) in [7, 11) is 0. The Bertz CT molecular complexity index is 408. The van der Waals surface area contributed by atoms with E-state index in [1.807, 2.05) is 12.1 Å². The molecular weight excluding hydrogens is 251 g/mol. The van der Waals surface area contributed by atoms with Crippen molar-refractivity contribution in [2.45, 2.75) is 51.5 Å². The Kier molecular flexibility index (Phi) is 5.84. The highest BCUT2D eigenvalue weighted by atomic mass is 19.1. The largest absolute Gasteiger partial charge is 0.368 e. The summed E-state index contributed by atoms with van der Waals surface area (Å²) in [6.45, 7) is 3.89. The first-order valence-corrected chi connectivity index (χ1v) is 7.98. The molecular formula is C17H27FN2. The Hall–Kier alpha value is -1.09. The minimum atomic E-state index is -0.149. The number of rotatable bonds is 6. The Balaban J connectivity index is 2.21. The lowest BCUT2D eigenvalue weighted by Crippen LogP contribution is -2.43. The second-order valence-electron chi connectivity index (χ2n) is 5.84. The quantitative estimate of drug-likeness (QED) is 0.853. The van der Waals surface area contributed by atoms with Gasteiger partial charge in [0.05, 0.1) is 0 Å². The van der Waals surface area contributed by atoms with Crippen molar-refractivity contribution in [3.05, 3.63) is 30.1 Å². The predicted molar refractivity (Wildman–Crippen MR) is 83.5 cm³/mol. The van der Waals surface area contributed by atoms with Gasteiger partial charge >= 0.3 is 0 Å². The fourth-order valence-corrected chi connectivity index (χ4v) is 3.48. The number of halogens is 1. The number of hydrogen-bond donors (Lipinski definition) is 1. The maximum Gasteiger partial charge on any atom is 0.125 e. The summed E-state index contributed by atoms with van der Waals surface area (Å²) >= 11 is 0. The van der Waals surface area contributed by atoms with Crippen LogP contribution in [-0.2, 0) is 0 Å². The molecule has 1 aliphatic carbocycles. The molecule has 112 valence electrons. The molecule has 1 fully saturated rings. The average Bonchev–Trinajstić information content (AvgIpc) is 2.48. The van der Waals surface area contributed by atoms with Gasteiger partial charge in [0, 0.05) is 18.3 Å². The van der Waals surface area contributed by atoms with Crippen LogP contribution in [0.5, 0.6) is 0 Å². The zero-order valence-electron chi connectivity index (χ0n) is 12.5. The van der Waals surface area contributed by atoms with E-state index in [1.54, 1.807) is 6.07 Å². The van der Waals surface area contributed by atoms with Crippen molar-refractivity contribution in [3.8, 4) is 0 Å². The zero-order valence-corrected chi connectivity index (χ0v) is 12.5. The van der Waals surface area contributed by atoms with Gasteiger partial charge in [0.25, 0.3) is 0 Å². The number of hydrogen-bond acceptors (Lipinski definition) is 2. The Morgan fingerprint density at radius 1 is 1.30 bits per heavy atom. The molecule has 1 aromatic carbocycles. The van der Waals surface area contributed by atoms with E-state index in [1.165, 1.54) is 38.2 Å². The Labute approximate surface area is 122 Å². The first-order valence-electron chi connectivity index (χ1n) is 7.98. The van der Waals surface area contributed by atoms with Gasteiger partial charge in [-0.2, -0.15) is 0 Å². The van der Waals surface area contributed by atoms with Crippen LogP contribution in [0.15, 0.2) is 24.3 Å². The van der Waals surface area contributed by atoms with Crippen LogP contribution in [-0.4, -0.2) is 19.1 Å². The molecule has 1 aliphatic rings. The van der Waals surface area contributed by atoms with Gasteiger partial charge < -0.3 is 10.6 Å². The fraction of sp³-hybridized carbons (Fsp3) is 0.647. The van der Waals surface area contributed by atoms with E-state index >= 15 is 0 Å². The van der Waals surface area contributed by atoms with E-state index in [0.29, 0.717) is 12.6 Å². The second kappa shape index (κ2) is 7.63. The van der Waals surface area contributed by atoms with Crippen LogP contribution in [0.1, 0.15) is 45.4 Å². The molecule has 0 bridgehead atoms. The first kappa shape index (κ1) is 15.3. The first-order chi connectivity index (χ1) is 9.76. The summed E-state index contributed by atoms with van der Waals surface area (Å²) in [5.41, 5.74) is 6.70. The molecule has 2 rings (SSSR count). The lowest BCUT2D eigenvalue weighted by atomic mass is 9.81.